The van der Waals surface area contributed by atoms with Gasteiger partial charge in [0.1, 0.15) is 5.75 Å². The van der Waals surface area contributed by atoms with Crippen molar-refractivity contribution in [2.45, 2.75) is 25.1 Å². The Kier molecular flexibility index (Phi) is 7.69. The Morgan fingerprint density at radius 2 is 1.83 bits per heavy atom. The molecule has 0 aromatic heterocycles. The van der Waals surface area contributed by atoms with Crippen molar-refractivity contribution in [2.24, 2.45) is 0 Å². The highest BCUT2D eigenvalue weighted by Crippen LogP contribution is 2.40. The molecule has 2 rings (SSSR count). The van der Waals surface area contributed by atoms with Gasteiger partial charge in [0.25, 0.3) is 0 Å². The van der Waals surface area contributed by atoms with Crippen LogP contribution < -0.4 is 10.1 Å². The second kappa shape index (κ2) is 8.82. The Hall–Kier alpha value is -1.12. The number of methoxy groups -OCH3 is 1. The van der Waals surface area contributed by atoms with Crippen LogP contribution in [0.2, 0.25) is 0 Å². The van der Waals surface area contributed by atoms with Crippen molar-refractivity contribution in [3.8, 4) is 5.75 Å². The van der Waals surface area contributed by atoms with E-state index < -0.39 is 30.6 Å². The van der Waals surface area contributed by atoms with Gasteiger partial charge in [-0.1, -0.05) is 6.07 Å². The first-order chi connectivity index (χ1) is 10.8. The molecule has 1 fully saturated rings. The third-order valence-corrected chi connectivity index (χ3v) is 3.92. The number of rotatable bonds is 5. The molecule has 1 aromatic carbocycles. The lowest BCUT2D eigenvalue weighted by Gasteiger charge is -2.36. The highest BCUT2D eigenvalue weighted by molar-refractivity contribution is 5.85. The number of nitrogens with zero attached hydrogens (tertiary/aromatic N) is 1. The first-order valence-corrected chi connectivity index (χ1v) is 7.31. The van der Waals surface area contributed by atoms with Gasteiger partial charge in [-0.05, 0) is 17.7 Å². The fraction of sp³-hybridized carbons (Fsp3) is 0.600. The van der Waals surface area contributed by atoms with Gasteiger partial charge in [0.2, 0.25) is 6.43 Å². The number of piperazine rings is 1. The average Bonchev–Trinajstić information content (AvgIpc) is 2.52. The standard InChI is InChI=1S/C15H19F5N2O.ClH/c1-23-10-2-3-11(12(8-10)15(18,19)20)13(9-14(16)17)22-6-4-21-5-7-22;/h2-3,8,13-14,21H,4-7,9H2,1H3;1H/t13-;/m0./s1. The highest BCUT2D eigenvalue weighted by atomic mass is 35.5. The predicted molar refractivity (Wildman–Crippen MR) is 83.0 cm³/mol. The normalized spacial score (nSPS) is 17.5. The summed E-state index contributed by atoms with van der Waals surface area (Å²) < 4.78 is 70.8. The van der Waals surface area contributed by atoms with Gasteiger partial charge in [0, 0.05) is 38.6 Å². The van der Waals surface area contributed by atoms with Crippen LogP contribution in [0.5, 0.6) is 5.75 Å². The van der Waals surface area contributed by atoms with E-state index in [-0.39, 0.29) is 23.7 Å². The summed E-state index contributed by atoms with van der Waals surface area (Å²) in [6.45, 7) is 2.00. The molecule has 0 saturated carbocycles. The molecule has 3 nitrogen and oxygen atoms in total. The van der Waals surface area contributed by atoms with E-state index in [4.69, 9.17) is 4.74 Å². The van der Waals surface area contributed by atoms with Crippen LogP contribution in [0.25, 0.3) is 0 Å². The fourth-order valence-electron chi connectivity index (χ4n) is 2.83. The summed E-state index contributed by atoms with van der Waals surface area (Å²) in [6.07, 6.45) is -7.94. The van der Waals surface area contributed by atoms with Gasteiger partial charge in [-0.3, -0.25) is 4.90 Å². The topological polar surface area (TPSA) is 24.5 Å². The van der Waals surface area contributed by atoms with E-state index in [1.165, 1.54) is 19.2 Å². The van der Waals surface area contributed by atoms with Crippen LogP contribution in [-0.2, 0) is 6.18 Å². The molecule has 1 aromatic rings. The first kappa shape index (κ1) is 20.9. The van der Waals surface area contributed by atoms with Crippen molar-refractivity contribution in [3.63, 3.8) is 0 Å². The second-order valence-electron chi connectivity index (χ2n) is 5.38. The smallest absolute Gasteiger partial charge is 0.416 e. The van der Waals surface area contributed by atoms with Crippen molar-refractivity contribution >= 4 is 12.4 Å². The lowest BCUT2D eigenvalue weighted by Crippen LogP contribution is -2.45. The molecule has 1 atom stereocenters. The molecule has 1 heterocycles. The molecule has 24 heavy (non-hydrogen) atoms. The van der Waals surface area contributed by atoms with E-state index in [2.05, 4.69) is 5.32 Å². The molecule has 138 valence electrons. The number of ether oxygens (including phenoxy) is 1. The molecule has 0 radical (unpaired) electrons. The lowest BCUT2D eigenvalue weighted by atomic mass is 9.95. The Labute approximate surface area is 143 Å². The molecule has 0 bridgehead atoms. The summed E-state index contributed by atoms with van der Waals surface area (Å²) in [7, 11) is 1.27. The largest absolute Gasteiger partial charge is 0.497 e. The zero-order chi connectivity index (χ0) is 17.0. The summed E-state index contributed by atoms with van der Waals surface area (Å²) in [5.74, 6) is 0.0529. The van der Waals surface area contributed by atoms with E-state index in [1.807, 2.05) is 0 Å². The van der Waals surface area contributed by atoms with Gasteiger partial charge >= 0.3 is 6.18 Å². The molecule has 0 spiro atoms. The molecule has 0 aliphatic carbocycles. The third kappa shape index (κ3) is 5.19. The Morgan fingerprint density at radius 1 is 1.21 bits per heavy atom. The summed E-state index contributed by atoms with van der Waals surface area (Å²) in [6, 6.07) is 2.53. The van der Waals surface area contributed by atoms with Crippen LogP contribution in [0.4, 0.5) is 22.0 Å². The van der Waals surface area contributed by atoms with E-state index in [0.717, 1.165) is 6.07 Å². The van der Waals surface area contributed by atoms with Gasteiger partial charge in [-0.2, -0.15) is 13.2 Å². The first-order valence-electron chi connectivity index (χ1n) is 7.31. The van der Waals surface area contributed by atoms with Crippen molar-refractivity contribution < 1.29 is 26.7 Å². The highest BCUT2D eigenvalue weighted by Gasteiger charge is 2.38. The minimum atomic E-state index is -4.63. The maximum Gasteiger partial charge on any atom is 0.416 e. The molecule has 9 heteroatoms. The minimum Gasteiger partial charge on any atom is -0.497 e. The van der Waals surface area contributed by atoms with E-state index in [9.17, 15) is 22.0 Å². The molecule has 1 aliphatic heterocycles. The zero-order valence-electron chi connectivity index (χ0n) is 13.1. The van der Waals surface area contributed by atoms with Crippen molar-refractivity contribution in [1.82, 2.24) is 10.2 Å². The van der Waals surface area contributed by atoms with Gasteiger partial charge in [-0.25, -0.2) is 8.78 Å². The number of benzene rings is 1. The predicted octanol–water partition coefficient (Wildman–Crippen LogP) is 3.74. The van der Waals surface area contributed by atoms with E-state index in [1.54, 1.807) is 4.90 Å². The van der Waals surface area contributed by atoms with Gasteiger partial charge in [0.15, 0.2) is 0 Å². The molecule has 0 unspecified atom stereocenters. The Bertz CT molecular complexity index is 521. The summed E-state index contributed by atoms with van der Waals surface area (Å²) in [4.78, 5) is 1.68. The molecule has 1 N–H and O–H groups in total. The molecule has 1 aliphatic rings. The van der Waals surface area contributed by atoms with Crippen LogP contribution in [0.15, 0.2) is 18.2 Å². The molecular weight excluding hydrogens is 355 g/mol. The SMILES string of the molecule is COc1ccc([C@H](CC(F)F)N2CCNCC2)c(C(F)(F)F)c1.Cl. The van der Waals surface area contributed by atoms with Gasteiger partial charge in [-0.15, -0.1) is 12.4 Å². The summed E-state index contributed by atoms with van der Waals surface area (Å²) in [5, 5.41) is 3.07. The quantitative estimate of drug-likeness (QED) is 0.795. The molecule has 0 amide bonds. The molecular formula is C15H20ClF5N2O. The summed E-state index contributed by atoms with van der Waals surface area (Å²) in [5.41, 5.74) is -1.04. The number of halogens is 6. The molecule has 1 saturated heterocycles. The van der Waals surface area contributed by atoms with Crippen molar-refractivity contribution in [1.29, 1.82) is 0 Å². The lowest BCUT2D eigenvalue weighted by molar-refractivity contribution is -0.139. The Balaban J connectivity index is 0.00000288. The summed E-state index contributed by atoms with van der Waals surface area (Å²) >= 11 is 0. The van der Waals surface area contributed by atoms with Crippen LogP contribution in [0.1, 0.15) is 23.6 Å². The number of hydrogen-bond donors (Lipinski definition) is 1. The average molecular weight is 375 g/mol. The number of hydrogen-bond acceptors (Lipinski definition) is 3. The van der Waals surface area contributed by atoms with E-state index >= 15 is 0 Å². The van der Waals surface area contributed by atoms with Gasteiger partial charge < -0.3 is 10.1 Å². The van der Waals surface area contributed by atoms with Crippen molar-refractivity contribution in [3.05, 3.63) is 29.3 Å². The number of nitrogens with one attached hydrogen (secondary N) is 1. The van der Waals surface area contributed by atoms with E-state index in [0.29, 0.717) is 26.2 Å². The zero-order valence-corrected chi connectivity index (χ0v) is 13.9. The van der Waals surface area contributed by atoms with Crippen LogP contribution in [-0.4, -0.2) is 44.6 Å². The van der Waals surface area contributed by atoms with Crippen LogP contribution >= 0.6 is 12.4 Å². The third-order valence-electron chi connectivity index (χ3n) is 3.92. The van der Waals surface area contributed by atoms with Crippen LogP contribution in [0.3, 0.4) is 0 Å². The Morgan fingerprint density at radius 3 is 2.33 bits per heavy atom. The van der Waals surface area contributed by atoms with Crippen molar-refractivity contribution in [2.75, 3.05) is 33.3 Å². The second-order valence-corrected chi connectivity index (χ2v) is 5.38. The monoisotopic (exact) mass is 374 g/mol. The van der Waals surface area contributed by atoms with Crippen LogP contribution in [0, 0.1) is 0 Å². The number of alkyl halides is 5. The maximum atomic E-state index is 13.4. The minimum absolute atomic E-state index is 0. The van der Waals surface area contributed by atoms with Gasteiger partial charge in [0.05, 0.1) is 12.7 Å². The maximum absolute atomic E-state index is 13.4. The fourth-order valence-corrected chi connectivity index (χ4v) is 2.83.